The number of fused-ring (bicyclic) bond motifs is 1. The third-order valence-corrected chi connectivity index (χ3v) is 4.84. The summed E-state index contributed by atoms with van der Waals surface area (Å²) in [5.74, 6) is 0.0526. The fourth-order valence-electron chi connectivity index (χ4n) is 2.82. The van der Waals surface area contributed by atoms with Crippen molar-refractivity contribution >= 4 is 6.03 Å². The third-order valence-electron chi connectivity index (χ3n) is 4.84. The molecule has 1 aliphatic rings. The van der Waals surface area contributed by atoms with Crippen LogP contribution in [0.25, 0.3) is 0 Å². The molecule has 0 bridgehead atoms. The Morgan fingerprint density at radius 2 is 1.96 bits per heavy atom. The van der Waals surface area contributed by atoms with E-state index in [9.17, 15) is 4.79 Å². The van der Waals surface area contributed by atoms with Crippen LogP contribution in [0.1, 0.15) is 31.9 Å². The highest BCUT2D eigenvalue weighted by Crippen LogP contribution is 2.19. The van der Waals surface area contributed by atoms with Crippen LogP contribution in [-0.4, -0.2) is 47.8 Å². The predicted octanol–water partition coefficient (Wildman–Crippen LogP) is 1.75. The smallest absolute Gasteiger partial charge is 0.315 e. The van der Waals surface area contributed by atoms with E-state index in [1.165, 1.54) is 11.1 Å². The molecule has 1 aliphatic heterocycles. The van der Waals surface area contributed by atoms with Crippen LogP contribution >= 0.6 is 0 Å². The van der Waals surface area contributed by atoms with Crippen molar-refractivity contribution in [2.45, 2.75) is 45.8 Å². The Morgan fingerprint density at radius 1 is 1.26 bits per heavy atom. The molecule has 0 fully saturated rings. The van der Waals surface area contributed by atoms with Crippen LogP contribution in [0.15, 0.2) is 24.3 Å². The Kier molecular flexibility index (Phi) is 6.42. The van der Waals surface area contributed by atoms with Gasteiger partial charge in [0.2, 0.25) is 0 Å². The maximum atomic E-state index is 11.9. The molecule has 3 unspecified atom stereocenters. The van der Waals surface area contributed by atoms with Crippen molar-refractivity contribution in [3.8, 4) is 0 Å². The van der Waals surface area contributed by atoms with Crippen LogP contribution in [0.4, 0.5) is 4.79 Å². The molecule has 1 aromatic rings. The molecule has 5 nitrogen and oxygen atoms in total. The van der Waals surface area contributed by atoms with Crippen molar-refractivity contribution in [2.24, 2.45) is 5.92 Å². The Hall–Kier alpha value is -1.59. The summed E-state index contributed by atoms with van der Waals surface area (Å²) >= 11 is 0. The summed E-state index contributed by atoms with van der Waals surface area (Å²) in [4.78, 5) is 14.3. The summed E-state index contributed by atoms with van der Waals surface area (Å²) in [6.07, 6.45) is 1.07. The lowest BCUT2D eigenvalue weighted by atomic mass is 9.99. The van der Waals surface area contributed by atoms with Crippen LogP contribution < -0.4 is 10.6 Å². The Labute approximate surface area is 139 Å². The van der Waals surface area contributed by atoms with Gasteiger partial charge in [-0.25, -0.2) is 4.79 Å². The summed E-state index contributed by atoms with van der Waals surface area (Å²) in [7, 11) is 0. The number of benzene rings is 1. The van der Waals surface area contributed by atoms with Crippen molar-refractivity contribution in [3.05, 3.63) is 35.4 Å². The number of nitrogens with zero attached hydrogens (tertiary/aromatic N) is 1. The lowest BCUT2D eigenvalue weighted by Crippen LogP contribution is -2.49. The molecule has 3 atom stereocenters. The number of nitrogens with one attached hydrogen (secondary N) is 2. The second-order valence-electron chi connectivity index (χ2n) is 6.64. The first-order chi connectivity index (χ1) is 11.0. The quantitative estimate of drug-likeness (QED) is 0.748. The number of hydrogen-bond acceptors (Lipinski definition) is 3. The van der Waals surface area contributed by atoms with E-state index in [0.717, 1.165) is 19.5 Å². The molecule has 0 saturated heterocycles. The van der Waals surface area contributed by atoms with E-state index in [0.29, 0.717) is 12.6 Å². The van der Waals surface area contributed by atoms with Gasteiger partial charge in [-0.2, -0.15) is 0 Å². The van der Waals surface area contributed by atoms with Crippen LogP contribution in [0.2, 0.25) is 0 Å². The number of amides is 2. The number of carbonyl (C=O) groups is 1. The van der Waals surface area contributed by atoms with E-state index in [2.05, 4.69) is 46.7 Å². The lowest BCUT2D eigenvalue weighted by molar-refractivity contribution is 0.180. The topological polar surface area (TPSA) is 64.6 Å². The number of carbonyl (C=O) groups excluding carboxylic acids is 1. The van der Waals surface area contributed by atoms with Crippen molar-refractivity contribution in [3.63, 3.8) is 0 Å². The van der Waals surface area contributed by atoms with Gasteiger partial charge in [0.05, 0.1) is 0 Å². The first-order valence-corrected chi connectivity index (χ1v) is 8.47. The van der Waals surface area contributed by atoms with Gasteiger partial charge >= 0.3 is 6.03 Å². The number of aliphatic hydroxyl groups excluding tert-OH is 1. The molecule has 1 heterocycles. The van der Waals surface area contributed by atoms with Gasteiger partial charge in [-0.15, -0.1) is 0 Å². The summed E-state index contributed by atoms with van der Waals surface area (Å²) < 4.78 is 0. The number of aliphatic hydroxyl groups is 1. The average Bonchev–Trinajstić information content (AvgIpc) is 2.58. The van der Waals surface area contributed by atoms with Gasteiger partial charge in [-0.05, 0) is 37.3 Å². The fraction of sp³-hybridized carbons (Fsp3) is 0.611. The first kappa shape index (κ1) is 17.8. The molecule has 3 N–H and O–H groups in total. The first-order valence-electron chi connectivity index (χ1n) is 8.47. The maximum absolute atomic E-state index is 11.9. The summed E-state index contributed by atoms with van der Waals surface area (Å²) in [5, 5.41) is 14.9. The normalized spacial score (nSPS) is 18.6. The summed E-state index contributed by atoms with van der Waals surface area (Å²) in [5.41, 5.74) is 2.83. The van der Waals surface area contributed by atoms with Crippen molar-refractivity contribution in [1.29, 1.82) is 0 Å². The molecule has 5 heteroatoms. The number of rotatable bonds is 6. The third kappa shape index (κ3) is 4.94. The van der Waals surface area contributed by atoms with Crippen LogP contribution in [0.5, 0.6) is 0 Å². The molecular formula is C18H29N3O2. The predicted molar refractivity (Wildman–Crippen MR) is 92.3 cm³/mol. The highest BCUT2D eigenvalue weighted by molar-refractivity contribution is 5.74. The van der Waals surface area contributed by atoms with Gasteiger partial charge in [-0.3, -0.25) is 4.90 Å². The van der Waals surface area contributed by atoms with Crippen molar-refractivity contribution < 1.29 is 9.90 Å². The van der Waals surface area contributed by atoms with Gasteiger partial charge in [0.15, 0.2) is 0 Å². The molecule has 2 amide bonds. The van der Waals surface area contributed by atoms with E-state index >= 15 is 0 Å². The zero-order valence-corrected chi connectivity index (χ0v) is 14.4. The number of hydrogen-bond donors (Lipinski definition) is 3. The summed E-state index contributed by atoms with van der Waals surface area (Å²) in [6.45, 7) is 8.63. The van der Waals surface area contributed by atoms with Gasteiger partial charge in [0.1, 0.15) is 0 Å². The molecule has 0 spiro atoms. The van der Waals surface area contributed by atoms with Crippen LogP contribution in [-0.2, 0) is 13.0 Å². The molecule has 0 radical (unpaired) electrons. The maximum Gasteiger partial charge on any atom is 0.315 e. The molecule has 2 rings (SSSR count). The highest BCUT2D eigenvalue weighted by Gasteiger charge is 2.21. The van der Waals surface area contributed by atoms with E-state index in [1.54, 1.807) is 0 Å². The Morgan fingerprint density at radius 3 is 2.65 bits per heavy atom. The standard InChI is InChI=1S/C18H29N3O2/c1-13(12-22)15(3)20-18(23)19-10-14(2)21-9-8-16-6-4-5-7-17(16)11-21/h4-7,13-15,22H,8-12H2,1-3H3,(H2,19,20,23). The molecule has 0 aliphatic carbocycles. The molecule has 0 saturated carbocycles. The van der Waals surface area contributed by atoms with E-state index in [4.69, 9.17) is 5.11 Å². The van der Waals surface area contributed by atoms with E-state index in [-0.39, 0.29) is 24.6 Å². The van der Waals surface area contributed by atoms with Gasteiger partial charge in [0, 0.05) is 38.3 Å². The minimum absolute atomic E-state index is 0.0443. The van der Waals surface area contributed by atoms with Gasteiger partial charge in [0.25, 0.3) is 0 Å². The largest absolute Gasteiger partial charge is 0.396 e. The Balaban J connectivity index is 1.77. The fourth-order valence-corrected chi connectivity index (χ4v) is 2.82. The molecular weight excluding hydrogens is 290 g/mol. The van der Waals surface area contributed by atoms with Crippen LogP contribution in [0, 0.1) is 5.92 Å². The zero-order valence-electron chi connectivity index (χ0n) is 14.4. The Bertz CT molecular complexity index is 521. The van der Waals surface area contributed by atoms with E-state index < -0.39 is 0 Å². The molecule has 128 valence electrons. The molecule has 0 aromatic heterocycles. The molecule has 23 heavy (non-hydrogen) atoms. The summed E-state index contributed by atoms with van der Waals surface area (Å²) in [6, 6.07) is 8.65. The van der Waals surface area contributed by atoms with Gasteiger partial charge in [-0.1, -0.05) is 31.2 Å². The second kappa shape index (κ2) is 8.31. The van der Waals surface area contributed by atoms with Gasteiger partial charge < -0.3 is 15.7 Å². The van der Waals surface area contributed by atoms with Crippen molar-refractivity contribution in [2.75, 3.05) is 19.7 Å². The molecule has 1 aromatic carbocycles. The van der Waals surface area contributed by atoms with E-state index in [1.807, 2.05) is 13.8 Å². The highest BCUT2D eigenvalue weighted by atomic mass is 16.3. The minimum Gasteiger partial charge on any atom is -0.396 e. The average molecular weight is 319 g/mol. The number of urea groups is 1. The second-order valence-corrected chi connectivity index (χ2v) is 6.64. The van der Waals surface area contributed by atoms with Crippen LogP contribution in [0.3, 0.4) is 0 Å². The zero-order chi connectivity index (χ0) is 16.8. The minimum atomic E-state index is -0.165. The lowest BCUT2D eigenvalue weighted by Gasteiger charge is -2.34. The monoisotopic (exact) mass is 319 g/mol. The SMILES string of the molecule is CC(CO)C(C)NC(=O)NCC(C)N1CCc2ccccc2C1. The van der Waals surface area contributed by atoms with Crippen molar-refractivity contribution in [1.82, 2.24) is 15.5 Å².